The van der Waals surface area contributed by atoms with Crippen molar-refractivity contribution in [2.75, 3.05) is 6.61 Å². The number of hydrogen-bond donors (Lipinski definition) is 4. The number of aromatic nitrogens is 3. The molecule has 168 valence electrons. The van der Waals surface area contributed by atoms with Gasteiger partial charge >= 0.3 is 0 Å². The lowest BCUT2D eigenvalue weighted by atomic mass is 10.0. The average molecular weight is 481 g/mol. The van der Waals surface area contributed by atoms with Gasteiger partial charge in [-0.25, -0.2) is 18.1 Å². The van der Waals surface area contributed by atoms with Crippen molar-refractivity contribution in [1.29, 1.82) is 0 Å². The van der Waals surface area contributed by atoms with Crippen molar-refractivity contribution in [2.24, 2.45) is 0 Å². The smallest absolute Gasteiger partial charge is 0.240 e. The maximum atomic E-state index is 13.1. The van der Waals surface area contributed by atoms with Gasteiger partial charge in [0, 0.05) is 51.5 Å². The third-order valence-corrected chi connectivity index (χ3v) is 7.52. The van der Waals surface area contributed by atoms with E-state index in [1.54, 1.807) is 18.5 Å². The van der Waals surface area contributed by atoms with E-state index >= 15 is 0 Å². The van der Waals surface area contributed by atoms with E-state index in [4.69, 9.17) is 11.6 Å². The highest BCUT2D eigenvalue weighted by atomic mass is 35.5. The van der Waals surface area contributed by atoms with Gasteiger partial charge in [-0.3, -0.25) is 0 Å². The molecule has 4 N–H and O–H groups in total. The van der Waals surface area contributed by atoms with E-state index in [-0.39, 0.29) is 11.5 Å². The van der Waals surface area contributed by atoms with Crippen molar-refractivity contribution < 1.29 is 13.5 Å². The molecule has 0 saturated heterocycles. The van der Waals surface area contributed by atoms with Crippen molar-refractivity contribution in [3.63, 3.8) is 0 Å². The quantitative estimate of drug-likeness (QED) is 0.279. The summed E-state index contributed by atoms with van der Waals surface area (Å²) in [6.07, 6.45) is 5.64. The summed E-state index contributed by atoms with van der Waals surface area (Å²) in [4.78, 5) is 10.5. The minimum atomic E-state index is -3.90. The number of nitrogens with zero attached hydrogens (tertiary/aromatic N) is 1. The maximum Gasteiger partial charge on any atom is 0.240 e. The van der Waals surface area contributed by atoms with E-state index < -0.39 is 16.1 Å². The molecule has 0 unspecified atom stereocenters. The monoisotopic (exact) mass is 480 g/mol. The number of aliphatic hydroxyl groups excluding tert-OH is 1. The predicted molar refractivity (Wildman–Crippen MR) is 130 cm³/mol. The highest BCUT2D eigenvalue weighted by Gasteiger charge is 2.22. The Morgan fingerprint density at radius 1 is 1.03 bits per heavy atom. The van der Waals surface area contributed by atoms with E-state index in [9.17, 15) is 13.5 Å². The molecule has 9 heteroatoms. The van der Waals surface area contributed by atoms with E-state index in [1.807, 2.05) is 42.6 Å². The third-order valence-electron chi connectivity index (χ3n) is 5.68. The molecular weight excluding hydrogens is 460 g/mol. The van der Waals surface area contributed by atoms with Crippen molar-refractivity contribution in [3.05, 3.63) is 83.8 Å². The molecule has 0 spiro atoms. The standard InChI is InChI=1S/C24H21ClN4O3S/c25-22-12-17(5-6-20(22)19-7-9-26-24-21(19)8-10-27-24)33(31,32)29-16(14-30)11-15-13-28-23-4-2-1-3-18(15)23/h1-10,12-13,16,28-30H,11,14H2,(H,26,27)/t16-/m1/s1. The number of halogens is 1. The topological polar surface area (TPSA) is 111 Å². The summed E-state index contributed by atoms with van der Waals surface area (Å²) in [5.41, 5.74) is 4.18. The summed E-state index contributed by atoms with van der Waals surface area (Å²) in [5, 5.41) is 12.1. The maximum absolute atomic E-state index is 13.1. The molecule has 5 aromatic rings. The molecule has 0 aliphatic heterocycles. The zero-order valence-electron chi connectivity index (χ0n) is 17.4. The number of aliphatic hydroxyl groups is 1. The first-order valence-electron chi connectivity index (χ1n) is 10.4. The van der Waals surface area contributed by atoms with Gasteiger partial charge < -0.3 is 15.1 Å². The molecule has 7 nitrogen and oxygen atoms in total. The van der Waals surface area contributed by atoms with Gasteiger partial charge in [0.05, 0.1) is 11.5 Å². The van der Waals surface area contributed by atoms with Crippen LogP contribution in [0.25, 0.3) is 33.1 Å². The van der Waals surface area contributed by atoms with E-state index in [0.717, 1.165) is 33.1 Å². The fraction of sp³-hybridized carbons (Fsp3) is 0.125. The van der Waals surface area contributed by atoms with E-state index in [0.29, 0.717) is 17.0 Å². The predicted octanol–water partition coefficient (Wildman–Crippen LogP) is 4.25. The number of benzene rings is 2. The van der Waals surface area contributed by atoms with Crippen molar-refractivity contribution in [1.82, 2.24) is 19.7 Å². The highest BCUT2D eigenvalue weighted by molar-refractivity contribution is 7.89. The Hall–Kier alpha value is -3.17. The number of aromatic amines is 2. The molecule has 5 rings (SSSR count). The van der Waals surface area contributed by atoms with Crippen molar-refractivity contribution in [3.8, 4) is 11.1 Å². The normalized spacial score (nSPS) is 13.0. The van der Waals surface area contributed by atoms with Gasteiger partial charge in [-0.15, -0.1) is 0 Å². The molecule has 0 aliphatic carbocycles. The van der Waals surface area contributed by atoms with Gasteiger partial charge in [-0.1, -0.05) is 35.9 Å². The molecule has 0 aliphatic rings. The Labute approximate surface area is 195 Å². The number of hydrogen-bond acceptors (Lipinski definition) is 4. The van der Waals surface area contributed by atoms with Gasteiger partial charge in [0.25, 0.3) is 0 Å². The summed E-state index contributed by atoms with van der Waals surface area (Å²) in [6, 6.07) is 15.4. The molecule has 0 radical (unpaired) electrons. The summed E-state index contributed by atoms with van der Waals surface area (Å²) in [6.45, 7) is -0.340. The average Bonchev–Trinajstić information content (AvgIpc) is 3.46. The first-order valence-corrected chi connectivity index (χ1v) is 12.2. The number of nitrogens with one attached hydrogen (secondary N) is 3. The van der Waals surface area contributed by atoms with E-state index in [2.05, 4.69) is 19.7 Å². The lowest BCUT2D eigenvalue weighted by Crippen LogP contribution is -2.39. The van der Waals surface area contributed by atoms with E-state index in [1.165, 1.54) is 12.1 Å². The second-order valence-corrected chi connectivity index (χ2v) is 9.93. The van der Waals surface area contributed by atoms with Crippen LogP contribution in [-0.2, 0) is 16.4 Å². The zero-order valence-corrected chi connectivity index (χ0v) is 19.0. The van der Waals surface area contributed by atoms with Crippen LogP contribution in [0.3, 0.4) is 0 Å². The molecule has 0 saturated carbocycles. The molecule has 1 atom stereocenters. The Kier molecular flexibility index (Phi) is 5.67. The summed E-state index contributed by atoms with van der Waals surface area (Å²) < 4.78 is 28.7. The molecule has 0 bridgehead atoms. The van der Waals surface area contributed by atoms with Crippen LogP contribution in [0.15, 0.2) is 78.1 Å². The van der Waals surface area contributed by atoms with Crippen LogP contribution in [0.4, 0.5) is 0 Å². The van der Waals surface area contributed by atoms with Gasteiger partial charge in [-0.05, 0) is 47.9 Å². The summed E-state index contributed by atoms with van der Waals surface area (Å²) in [7, 11) is -3.90. The molecular formula is C24H21ClN4O3S. The largest absolute Gasteiger partial charge is 0.395 e. The molecule has 2 aromatic carbocycles. The number of pyridine rings is 1. The van der Waals surface area contributed by atoms with Crippen LogP contribution in [0, 0.1) is 0 Å². The molecule has 33 heavy (non-hydrogen) atoms. The minimum Gasteiger partial charge on any atom is -0.395 e. The SMILES string of the molecule is O=S(=O)(N[C@@H](CO)Cc1c[nH]c2ccccc12)c1ccc(-c2ccnc3[nH]ccc23)c(Cl)c1. The van der Waals surface area contributed by atoms with Crippen LogP contribution in [0.1, 0.15) is 5.56 Å². The summed E-state index contributed by atoms with van der Waals surface area (Å²) in [5.74, 6) is 0. The number of para-hydroxylation sites is 1. The molecule has 3 heterocycles. The minimum absolute atomic E-state index is 0.0352. The number of rotatable bonds is 7. The number of fused-ring (bicyclic) bond motifs is 2. The first-order chi connectivity index (χ1) is 16.0. The highest BCUT2D eigenvalue weighted by Crippen LogP contribution is 2.34. The molecule has 0 amide bonds. The summed E-state index contributed by atoms with van der Waals surface area (Å²) >= 11 is 6.51. The fourth-order valence-electron chi connectivity index (χ4n) is 4.07. The zero-order chi connectivity index (χ0) is 23.0. The molecule has 3 aromatic heterocycles. The lowest BCUT2D eigenvalue weighted by molar-refractivity contribution is 0.256. The van der Waals surface area contributed by atoms with Crippen LogP contribution in [-0.4, -0.2) is 41.1 Å². The molecule has 0 fully saturated rings. The van der Waals surface area contributed by atoms with Crippen molar-refractivity contribution >= 4 is 43.6 Å². The van der Waals surface area contributed by atoms with Gasteiger partial charge in [0.2, 0.25) is 10.0 Å². The lowest BCUT2D eigenvalue weighted by Gasteiger charge is -2.17. The third kappa shape index (κ3) is 4.14. The Morgan fingerprint density at radius 3 is 2.70 bits per heavy atom. The van der Waals surface area contributed by atoms with Crippen LogP contribution >= 0.6 is 11.6 Å². The second-order valence-electron chi connectivity index (χ2n) is 7.80. The van der Waals surface area contributed by atoms with Gasteiger partial charge in [0.15, 0.2) is 0 Å². The van der Waals surface area contributed by atoms with Crippen LogP contribution < -0.4 is 4.72 Å². The number of H-pyrrole nitrogens is 2. The Morgan fingerprint density at radius 2 is 1.88 bits per heavy atom. The second kappa shape index (κ2) is 8.64. The first kappa shape index (κ1) is 21.7. The Balaban J connectivity index is 1.41. The van der Waals surface area contributed by atoms with Crippen LogP contribution in [0.2, 0.25) is 5.02 Å². The van der Waals surface area contributed by atoms with Gasteiger partial charge in [0.1, 0.15) is 5.65 Å². The Bertz CT molecular complexity index is 1560. The number of sulfonamides is 1. The van der Waals surface area contributed by atoms with Crippen LogP contribution in [0.5, 0.6) is 0 Å². The van der Waals surface area contributed by atoms with Gasteiger partial charge in [-0.2, -0.15) is 0 Å². The fourth-order valence-corrected chi connectivity index (χ4v) is 5.67. The van der Waals surface area contributed by atoms with Crippen molar-refractivity contribution in [2.45, 2.75) is 17.4 Å².